The summed E-state index contributed by atoms with van der Waals surface area (Å²) < 4.78 is 6.67. The Morgan fingerprint density at radius 1 is 1.09 bits per heavy atom. The number of rotatable bonds is 5. The zero-order valence-electron chi connectivity index (χ0n) is 18.6. The number of esters is 1. The topological polar surface area (TPSA) is 106 Å². The lowest BCUT2D eigenvalue weighted by atomic mass is 10.2. The van der Waals surface area contributed by atoms with Gasteiger partial charge in [-0.3, -0.25) is 4.79 Å². The van der Waals surface area contributed by atoms with E-state index in [4.69, 9.17) is 4.74 Å². The minimum Gasteiger partial charge on any atom is -0.462 e. The van der Waals surface area contributed by atoms with E-state index in [1.807, 2.05) is 30.9 Å². The molecule has 4 rings (SSSR count). The van der Waals surface area contributed by atoms with Crippen molar-refractivity contribution in [3.05, 3.63) is 47.2 Å². The zero-order valence-corrected chi connectivity index (χ0v) is 18.6. The second-order valence-electron chi connectivity index (χ2n) is 7.80. The average Bonchev–Trinajstić information content (AvgIpc) is 3.01. The van der Waals surface area contributed by atoms with Gasteiger partial charge in [0.25, 0.3) is 5.78 Å². The molecular weight excluding hydrogens is 410 g/mol. The van der Waals surface area contributed by atoms with Crippen molar-refractivity contribution in [1.82, 2.24) is 29.5 Å². The van der Waals surface area contributed by atoms with E-state index in [1.165, 1.54) is 6.20 Å². The molecule has 168 valence electrons. The molecule has 10 nitrogen and oxygen atoms in total. The third-order valence-electron chi connectivity index (χ3n) is 5.40. The molecule has 1 aliphatic heterocycles. The molecule has 1 amide bonds. The number of amides is 1. The van der Waals surface area contributed by atoms with Crippen LogP contribution in [-0.2, 0) is 16.0 Å². The molecule has 1 saturated heterocycles. The first-order valence-electron chi connectivity index (χ1n) is 10.8. The monoisotopic (exact) mass is 437 g/mol. The van der Waals surface area contributed by atoms with Crippen LogP contribution in [0, 0.1) is 13.8 Å². The summed E-state index contributed by atoms with van der Waals surface area (Å²) in [4.78, 5) is 41.9. The van der Waals surface area contributed by atoms with Crippen molar-refractivity contribution in [2.45, 2.75) is 33.6 Å². The Kier molecular flexibility index (Phi) is 6.29. The first-order chi connectivity index (χ1) is 15.4. The summed E-state index contributed by atoms with van der Waals surface area (Å²) in [6, 6.07) is 5.48. The summed E-state index contributed by atoms with van der Waals surface area (Å²) in [5, 5.41) is 4.45. The van der Waals surface area contributed by atoms with Crippen LogP contribution >= 0.6 is 0 Å². The molecule has 0 saturated carbocycles. The van der Waals surface area contributed by atoms with Gasteiger partial charge < -0.3 is 14.5 Å². The van der Waals surface area contributed by atoms with E-state index in [9.17, 15) is 9.59 Å². The Labute approximate surface area is 186 Å². The van der Waals surface area contributed by atoms with E-state index in [-0.39, 0.29) is 18.3 Å². The highest BCUT2D eigenvalue weighted by Crippen LogP contribution is 2.16. The van der Waals surface area contributed by atoms with Crippen molar-refractivity contribution in [3.8, 4) is 0 Å². The van der Waals surface area contributed by atoms with Crippen molar-refractivity contribution in [2.24, 2.45) is 0 Å². The maximum atomic E-state index is 12.9. The van der Waals surface area contributed by atoms with Crippen molar-refractivity contribution in [1.29, 1.82) is 0 Å². The lowest BCUT2D eigenvalue weighted by Crippen LogP contribution is -2.36. The van der Waals surface area contributed by atoms with E-state index in [0.717, 1.165) is 30.2 Å². The SMILES string of the molecule is CCOC(=O)c1ccc(N2CCCN(C(=O)Cc3nc4nc(C)cc(C)n4n3)CC2)nc1. The van der Waals surface area contributed by atoms with Gasteiger partial charge in [0.05, 0.1) is 18.6 Å². The lowest BCUT2D eigenvalue weighted by Gasteiger charge is -2.22. The number of carbonyl (C=O) groups excluding carboxylic acids is 2. The number of pyridine rings is 1. The fourth-order valence-electron chi connectivity index (χ4n) is 3.83. The van der Waals surface area contributed by atoms with Gasteiger partial charge in [0.15, 0.2) is 5.82 Å². The summed E-state index contributed by atoms with van der Waals surface area (Å²) in [5.41, 5.74) is 2.24. The van der Waals surface area contributed by atoms with Crippen LogP contribution in [0.15, 0.2) is 24.4 Å². The lowest BCUT2D eigenvalue weighted by molar-refractivity contribution is -0.130. The second-order valence-corrected chi connectivity index (χ2v) is 7.80. The predicted octanol–water partition coefficient (Wildman–Crippen LogP) is 1.59. The molecule has 3 aromatic rings. The molecule has 0 bridgehead atoms. The molecule has 0 aliphatic carbocycles. The first-order valence-corrected chi connectivity index (χ1v) is 10.8. The van der Waals surface area contributed by atoms with Crippen LogP contribution < -0.4 is 4.90 Å². The van der Waals surface area contributed by atoms with E-state index in [1.54, 1.807) is 17.5 Å². The highest BCUT2D eigenvalue weighted by atomic mass is 16.5. The fraction of sp³-hybridized carbons (Fsp3) is 0.455. The highest BCUT2D eigenvalue weighted by molar-refractivity contribution is 5.89. The first kappa shape index (κ1) is 21.7. The third-order valence-corrected chi connectivity index (χ3v) is 5.40. The van der Waals surface area contributed by atoms with Crippen LogP contribution in [0.25, 0.3) is 5.78 Å². The normalized spacial score (nSPS) is 14.5. The highest BCUT2D eigenvalue weighted by Gasteiger charge is 2.22. The Hall–Kier alpha value is -3.56. The molecule has 0 aromatic carbocycles. The van der Waals surface area contributed by atoms with Crippen molar-refractivity contribution in [3.63, 3.8) is 0 Å². The molecule has 32 heavy (non-hydrogen) atoms. The number of nitrogens with zero attached hydrogens (tertiary/aromatic N) is 7. The molecule has 1 aliphatic rings. The standard InChI is InChI=1S/C22H27N7O3/c1-4-32-21(31)17-6-7-19(23-14-17)27-8-5-9-28(11-10-27)20(30)13-18-25-22-24-15(2)12-16(3)29(22)26-18/h6-7,12,14H,4-5,8-11,13H2,1-3H3. The summed E-state index contributed by atoms with van der Waals surface area (Å²) in [5.74, 6) is 1.41. The van der Waals surface area contributed by atoms with Crippen molar-refractivity contribution >= 4 is 23.5 Å². The summed E-state index contributed by atoms with van der Waals surface area (Å²) >= 11 is 0. The molecule has 0 unspecified atom stereocenters. The Morgan fingerprint density at radius 3 is 2.69 bits per heavy atom. The third kappa shape index (κ3) is 4.68. The van der Waals surface area contributed by atoms with Gasteiger partial charge >= 0.3 is 5.97 Å². The number of aryl methyl sites for hydroxylation is 2. The quantitative estimate of drug-likeness (QED) is 0.554. The minimum atomic E-state index is -0.375. The largest absolute Gasteiger partial charge is 0.462 e. The number of hydrogen-bond acceptors (Lipinski definition) is 8. The number of hydrogen-bond donors (Lipinski definition) is 0. The number of aromatic nitrogens is 5. The van der Waals surface area contributed by atoms with Crippen LogP contribution in [0.4, 0.5) is 5.82 Å². The Morgan fingerprint density at radius 2 is 1.94 bits per heavy atom. The van der Waals surface area contributed by atoms with Gasteiger partial charge in [-0.1, -0.05) is 0 Å². The van der Waals surface area contributed by atoms with E-state index < -0.39 is 0 Å². The molecule has 10 heteroatoms. The smallest absolute Gasteiger partial charge is 0.339 e. The molecule has 3 aromatic heterocycles. The van der Waals surface area contributed by atoms with Crippen molar-refractivity contribution < 1.29 is 14.3 Å². The summed E-state index contributed by atoms with van der Waals surface area (Å²) in [6.07, 6.45) is 2.51. The van der Waals surface area contributed by atoms with Gasteiger partial charge in [-0.2, -0.15) is 4.98 Å². The predicted molar refractivity (Wildman–Crippen MR) is 118 cm³/mol. The number of fused-ring (bicyclic) bond motifs is 1. The van der Waals surface area contributed by atoms with Gasteiger partial charge in [-0.25, -0.2) is 19.3 Å². The van der Waals surface area contributed by atoms with Gasteiger partial charge in [0.2, 0.25) is 5.91 Å². The van der Waals surface area contributed by atoms with Gasteiger partial charge in [-0.15, -0.1) is 5.10 Å². The minimum absolute atomic E-state index is 0.00255. The number of anilines is 1. The van der Waals surface area contributed by atoms with Gasteiger partial charge in [-0.05, 0) is 45.4 Å². The molecule has 1 fully saturated rings. The van der Waals surface area contributed by atoms with Crippen LogP contribution in [0.3, 0.4) is 0 Å². The molecule has 0 radical (unpaired) electrons. The van der Waals surface area contributed by atoms with E-state index >= 15 is 0 Å². The summed E-state index contributed by atoms with van der Waals surface area (Å²) in [6.45, 7) is 8.66. The van der Waals surface area contributed by atoms with E-state index in [0.29, 0.717) is 43.4 Å². The Bertz CT molecular complexity index is 1130. The summed E-state index contributed by atoms with van der Waals surface area (Å²) in [7, 11) is 0. The van der Waals surface area contributed by atoms with Crippen LogP contribution in [-0.4, -0.2) is 74.1 Å². The number of ether oxygens (including phenoxy) is 1. The molecule has 0 N–H and O–H groups in total. The van der Waals surface area contributed by atoms with E-state index in [2.05, 4.69) is 25.0 Å². The molecular formula is C22H27N7O3. The Balaban J connectivity index is 1.38. The van der Waals surface area contributed by atoms with Gasteiger partial charge in [0.1, 0.15) is 5.82 Å². The maximum Gasteiger partial charge on any atom is 0.339 e. The average molecular weight is 438 g/mol. The second kappa shape index (κ2) is 9.29. The zero-order chi connectivity index (χ0) is 22.7. The molecule has 4 heterocycles. The van der Waals surface area contributed by atoms with Crippen molar-refractivity contribution in [2.75, 3.05) is 37.7 Å². The van der Waals surface area contributed by atoms with Crippen LogP contribution in [0.2, 0.25) is 0 Å². The molecule has 0 atom stereocenters. The fourth-order valence-corrected chi connectivity index (χ4v) is 3.83. The van der Waals surface area contributed by atoms with Gasteiger partial charge in [0, 0.05) is 43.8 Å². The number of carbonyl (C=O) groups is 2. The molecule has 0 spiro atoms. The van der Waals surface area contributed by atoms with Crippen LogP contribution in [0.1, 0.15) is 40.9 Å². The maximum absolute atomic E-state index is 12.9. The van der Waals surface area contributed by atoms with Crippen LogP contribution in [0.5, 0.6) is 0 Å².